The molecule has 0 radical (unpaired) electrons. The Morgan fingerprint density at radius 1 is 1.48 bits per heavy atom. The maximum atomic E-state index is 12.3. The first kappa shape index (κ1) is 14.5. The third-order valence-electron chi connectivity index (χ3n) is 2.96. The van der Waals surface area contributed by atoms with Gasteiger partial charge in [-0.05, 0) is 34.1 Å². The quantitative estimate of drug-likeness (QED) is 0.464. The van der Waals surface area contributed by atoms with Crippen molar-refractivity contribution in [1.82, 2.24) is 14.3 Å². The van der Waals surface area contributed by atoms with E-state index >= 15 is 0 Å². The van der Waals surface area contributed by atoms with Crippen LogP contribution in [0.5, 0.6) is 0 Å². The van der Waals surface area contributed by atoms with E-state index in [4.69, 9.17) is 12.2 Å². The standard InChI is InChI=1S/C14H10BrN3OS2/c1-2-5-17-13(19)11(21-14(17)20)6-10-7-16-12-4-3-9(15)8-18(10)12/h2-4,6-8H,1,5H2/b11-6-. The van der Waals surface area contributed by atoms with Gasteiger partial charge < -0.3 is 0 Å². The van der Waals surface area contributed by atoms with Gasteiger partial charge in [0.1, 0.15) is 9.97 Å². The number of pyridine rings is 1. The number of thiocarbonyl (C=S) groups is 1. The molecule has 1 saturated heterocycles. The summed E-state index contributed by atoms with van der Waals surface area (Å²) in [6.07, 6.45) is 7.13. The van der Waals surface area contributed by atoms with E-state index in [1.54, 1.807) is 12.3 Å². The molecule has 2 aromatic heterocycles. The van der Waals surface area contributed by atoms with E-state index in [1.807, 2.05) is 28.8 Å². The van der Waals surface area contributed by atoms with Crippen LogP contribution in [-0.4, -0.2) is 31.1 Å². The lowest BCUT2D eigenvalue weighted by molar-refractivity contribution is -0.121. The summed E-state index contributed by atoms with van der Waals surface area (Å²) >= 11 is 9.96. The van der Waals surface area contributed by atoms with E-state index in [0.29, 0.717) is 15.8 Å². The summed E-state index contributed by atoms with van der Waals surface area (Å²) in [5, 5.41) is 0. The third kappa shape index (κ3) is 2.68. The molecule has 7 heteroatoms. The number of carbonyl (C=O) groups is 1. The first-order chi connectivity index (χ1) is 10.1. The molecule has 4 nitrogen and oxygen atoms in total. The maximum absolute atomic E-state index is 12.3. The van der Waals surface area contributed by atoms with Crippen molar-refractivity contribution in [2.24, 2.45) is 0 Å². The van der Waals surface area contributed by atoms with Crippen molar-refractivity contribution in [3.8, 4) is 0 Å². The van der Waals surface area contributed by atoms with Gasteiger partial charge in [-0.25, -0.2) is 4.98 Å². The van der Waals surface area contributed by atoms with Gasteiger partial charge in [0.15, 0.2) is 0 Å². The fourth-order valence-electron chi connectivity index (χ4n) is 2.00. The molecule has 21 heavy (non-hydrogen) atoms. The van der Waals surface area contributed by atoms with Gasteiger partial charge in [0.25, 0.3) is 5.91 Å². The first-order valence-corrected chi connectivity index (χ1v) is 8.11. The molecule has 0 unspecified atom stereocenters. The Labute approximate surface area is 139 Å². The Bertz CT molecular complexity index is 797. The molecule has 2 aromatic rings. The van der Waals surface area contributed by atoms with Crippen LogP contribution < -0.4 is 0 Å². The molecular formula is C14H10BrN3OS2. The number of rotatable bonds is 3. The fraction of sp³-hybridized carbons (Fsp3) is 0.0714. The van der Waals surface area contributed by atoms with Crippen LogP contribution >= 0.6 is 39.9 Å². The number of fused-ring (bicyclic) bond motifs is 1. The van der Waals surface area contributed by atoms with E-state index in [-0.39, 0.29) is 5.91 Å². The number of halogens is 1. The molecule has 3 rings (SSSR count). The highest BCUT2D eigenvalue weighted by molar-refractivity contribution is 9.10. The largest absolute Gasteiger partial charge is 0.299 e. The van der Waals surface area contributed by atoms with Crippen LogP contribution in [-0.2, 0) is 4.79 Å². The smallest absolute Gasteiger partial charge is 0.266 e. The molecule has 0 N–H and O–H groups in total. The lowest BCUT2D eigenvalue weighted by atomic mass is 10.3. The summed E-state index contributed by atoms with van der Waals surface area (Å²) in [5.74, 6) is -0.0881. The zero-order valence-electron chi connectivity index (χ0n) is 10.8. The Morgan fingerprint density at radius 3 is 3.05 bits per heavy atom. The fourth-order valence-corrected chi connectivity index (χ4v) is 3.60. The number of amides is 1. The van der Waals surface area contributed by atoms with Gasteiger partial charge in [0.2, 0.25) is 0 Å². The second-order valence-electron chi connectivity index (χ2n) is 4.34. The highest BCUT2D eigenvalue weighted by atomic mass is 79.9. The summed E-state index contributed by atoms with van der Waals surface area (Å²) in [7, 11) is 0. The number of aromatic nitrogens is 2. The highest BCUT2D eigenvalue weighted by Gasteiger charge is 2.31. The predicted octanol–water partition coefficient (Wildman–Crippen LogP) is 3.48. The van der Waals surface area contributed by atoms with E-state index in [0.717, 1.165) is 15.8 Å². The molecule has 0 aromatic carbocycles. The van der Waals surface area contributed by atoms with E-state index in [2.05, 4.69) is 27.5 Å². The van der Waals surface area contributed by atoms with Crippen LogP contribution in [0.25, 0.3) is 11.7 Å². The van der Waals surface area contributed by atoms with Crippen LogP contribution in [0, 0.1) is 0 Å². The molecule has 1 fully saturated rings. The minimum absolute atomic E-state index is 0.0881. The molecule has 0 spiro atoms. The minimum atomic E-state index is -0.0881. The lowest BCUT2D eigenvalue weighted by Crippen LogP contribution is -2.27. The molecule has 1 amide bonds. The first-order valence-electron chi connectivity index (χ1n) is 6.09. The van der Waals surface area contributed by atoms with Crippen molar-refractivity contribution >= 4 is 61.9 Å². The minimum Gasteiger partial charge on any atom is -0.299 e. The molecule has 106 valence electrons. The van der Waals surface area contributed by atoms with Gasteiger partial charge >= 0.3 is 0 Å². The van der Waals surface area contributed by atoms with Gasteiger partial charge in [0.05, 0.1) is 16.8 Å². The van der Waals surface area contributed by atoms with Crippen molar-refractivity contribution < 1.29 is 4.79 Å². The number of hydrogen-bond donors (Lipinski definition) is 0. The Kier molecular flexibility index (Phi) is 3.97. The second-order valence-corrected chi connectivity index (χ2v) is 6.93. The molecule has 1 aliphatic rings. The SMILES string of the molecule is C=CCN1C(=O)/C(=C/c2cnc3ccc(Br)cn23)SC1=S. The van der Waals surface area contributed by atoms with Crippen LogP contribution in [0.1, 0.15) is 5.69 Å². The number of thioether (sulfide) groups is 1. The average Bonchev–Trinajstić information content (AvgIpc) is 2.96. The molecule has 3 heterocycles. The number of imidazole rings is 1. The van der Waals surface area contributed by atoms with Gasteiger partial charge in [0, 0.05) is 17.2 Å². The lowest BCUT2D eigenvalue weighted by Gasteiger charge is -2.10. The van der Waals surface area contributed by atoms with Gasteiger partial charge in [-0.1, -0.05) is 30.1 Å². The number of nitrogens with zero attached hydrogens (tertiary/aromatic N) is 3. The van der Waals surface area contributed by atoms with Crippen molar-refractivity contribution in [3.63, 3.8) is 0 Å². The predicted molar refractivity (Wildman–Crippen MR) is 93.0 cm³/mol. The Balaban J connectivity index is 2.01. The number of carbonyl (C=O) groups excluding carboxylic acids is 1. The van der Waals surface area contributed by atoms with Gasteiger partial charge in [-0.2, -0.15) is 0 Å². The van der Waals surface area contributed by atoms with E-state index in [1.165, 1.54) is 16.7 Å². The second kappa shape index (κ2) is 5.75. The van der Waals surface area contributed by atoms with E-state index in [9.17, 15) is 4.79 Å². The molecular weight excluding hydrogens is 370 g/mol. The van der Waals surface area contributed by atoms with Crippen molar-refractivity contribution in [1.29, 1.82) is 0 Å². The van der Waals surface area contributed by atoms with E-state index < -0.39 is 0 Å². The molecule has 0 saturated carbocycles. The van der Waals surface area contributed by atoms with Gasteiger partial charge in [-0.3, -0.25) is 14.1 Å². The monoisotopic (exact) mass is 379 g/mol. The topological polar surface area (TPSA) is 37.6 Å². The van der Waals surface area contributed by atoms with Gasteiger partial charge in [-0.15, -0.1) is 6.58 Å². The normalized spacial score (nSPS) is 17.2. The molecule has 0 bridgehead atoms. The molecule has 1 aliphatic heterocycles. The maximum Gasteiger partial charge on any atom is 0.266 e. The Morgan fingerprint density at radius 2 is 2.29 bits per heavy atom. The summed E-state index contributed by atoms with van der Waals surface area (Å²) in [5.41, 5.74) is 1.66. The van der Waals surface area contributed by atoms with Crippen molar-refractivity contribution in [2.75, 3.05) is 6.54 Å². The van der Waals surface area contributed by atoms with Crippen LogP contribution in [0.3, 0.4) is 0 Å². The summed E-state index contributed by atoms with van der Waals surface area (Å²) in [4.78, 5) is 18.8. The van der Waals surface area contributed by atoms with Crippen molar-refractivity contribution in [3.05, 3.63) is 52.3 Å². The summed E-state index contributed by atoms with van der Waals surface area (Å²) in [6.45, 7) is 4.07. The van der Waals surface area contributed by atoms with Crippen LogP contribution in [0.15, 0.2) is 46.6 Å². The zero-order chi connectivity index (χ0) is 15.0. The summed E-state index contributed by atoms with van der Waals surface area (Å²) < 4.78 is 3.42. The molecule has 0 atom stereocenters. The van der Waals surface area contributed by atoms with Crippen LogP contribution in [0.2, 0.25) is 0 Å². The highest BCUT2D eigenvalue weighted by Crippen LogP contribution is 2.32. The Hall–Kier alpha value is -1.44. The molecule has 0 aliphatic carbocycles. The average molecular weight is 380 g/mol. The summed E-state index contributed by atoms with van der Waals surface area (Å²) in [6, 6.07) is 3.83. The van der Waals surface area contributed by atoms with Crippen molar-refractivity contribution in [2.45, 2.75) is 0 Å². The van der Waals surface area contributed by atoms with Crippen LogP contribution in [0.4, 0.5) is 0 Å². The number of hydrogen-bond acceptors (Lipinski definition) is 4. The third-order valence-corrected chi connectivity index (χ3v) is 4.81. The zero-order valence-corrected chi connectivity index (χ0v) is 14.0.